The highest BCUT2D eigenvalue weighted by atomic mass is 16.5. The maximum Gasteiger partial charge on any atom is 0.300 e. The summed E-state index contributed by atoms with van der Waals surface area (Å²) in [6.07, 6.45) is 0. The molecule has 0 amide bonds. The summed E-state index contributed by atoms with van der Waals surface area (Å²) in [4.78, 5) is 9.00. The molecule has 0 aliphatic carbocycles. The predicted molar refractivity (Wildman–Crippen MR) is 74.7 cm³/mol. The van der Waals surface area contributed by atoms with Crippen LogP contribution < -0.4 is 0 Å². The van der Waals surface area contributed by atoms with Gasteiger partial charge in [-0.25, -0.2) is 0 Å². The van der Waals surface area contributed by atoms with Crippen molar-refractivity contribution in [2.45, 2.75) is 27.7 Å². The van der Waals surface area contributed by atoms with E-state index in [4.69, 9.17) is 19.7 Å². The van der Waals surface area contributed by atoms with E-state index in [0.29, 0.717) is 0 Å². The number of aliphatic carboxylic acids is 1. The van der Waals surface area contributed by atoms with Crippen LogP contribution in [0.1, 0.15) is 27.7 Å². The van der Waals surface area contributed by atoms with E-state index in [9.17, 15) is 0 Å². The lowest BCUT2D eigenvalue weighted by Crippen LogP contribution is -1.84. The van der Waals surface area contributed by atoms with E-state index < -0.39 is 5.97 Å². The van der Waals surface area contributed by atoms with Gasteiger partial charge in [0.25, 0.3) is 5.97 Å². The fraction of sp³-hybridized carbons (Fsp3) is 0.500. The van der Waals surface area contributed by atoms with Crippen molar-refractivity contribution in [3.05, 3.63) is 36.4 Å². The molecule has 0 radical (unpaired) electrons. The molecule has 18 heavy (non-hydrogen) atoms. The number of carboxylic acid groups (broad SMARTS) is 1. The lowest BCUT2D eigenvalue weighted by Gasteiger charge is -1.86. The van der Waals surface area contributed by atoms with Gasteiger partial charge in [0.05, 0.1) is 0 Å². The van der Waals surface area contributed by atoms with Crippen molar-refractivity contribution >= 4 is 5.97 Å². The first-order valence-corrected chi connectivity index (χ1v) is 5.94. The molecule has 0 aromatic heterocycles. The van der Waals surface area contributed by atoms with E-state index in [2.05, 4.69) is 0 Å². The van der Waals surface area contributed by atoms with E-state index in [-0.39, 0.29) is 6.61 Å². The van der Waals surface area contributed by atoms with Crippen LogP contribution in [0.2, 0.25) is 0 Å². The van der Waals surface area contributed by atoms with Gasteiger partial charge in [0.1, 0.15) is 0 Å². The molecule has 0 unspecified atom stereocenters. The highest BCUT2D eigenvalue weighted by Crippen LogP contribution is 1.79. The Labute approximate surface area is 110 Å². The molecule has 0 aliphatic rings. The summed E-state index contributed by atoms with van der Waals surface area (Å²) in [6.45, 7) is 8.68. The molecule has 0 bridgehead atoms. The number of aliphatic hydroxyl groups excluding tert-OH is 1. The Morgan fingerprint density at radius 2 is 1.11 bits per heavy atom. The van der Waals surface area contributed by atoms with Crippen molar-refractivity contribution in [2.75, 3.05) is 19.8 Å². The Kier molecular flexibility index (Phi) is 30.0. The van der Waals surface area contributed by atoms with Gasteiger partial charge in [0.15, 0.2) is 0 Å². The SMILES string of the molecule is CC(=O)O.CCO.CCOCC.c1ccccc1. The minimum absolute atomic E-state index is 0.250. The predicted octanol–water partition coefficient (Wildman–Crippen LogP) is 2.82. The van der Waals surface area contributed by atoms with Crippen molar-refractivity contribution in [2.24, 2.45) is 0 Å². The molecule has 0 fully saturated rings. The number of rotatable bonds is 2. The van der Waals surface area contributed by atoms with Crippen molar-refractivity contribution in [1.29, 1.82) is 0 Å². The summed E-state index contributed by atoms with van der Waals surface area (Å²) < 4.78 is 4.83. The van der Waals surface area contributed by atoms with Crippen molar-refractivity contribution < 1.29 is 19.7 Å². The average molecular weight is 258 g/mol. The van der Waals surface area contributed by atoms with E-state index in [0.717, 1.165) is 20.1 Å². The maximum atomic E-state index is 9.00. The largest absolute Gasteiger partial charge is 0.481 e. The minimum atomic E-state index is -0.833. The number of benzene rings is 1. The molecule has 4 heteroatoms. The first kappa shape index (κ1) is 21.9. The Hall–Kier alpha value is -1.39. The lowest BCUT2D eigenvalue weighted by molar-refractivity contribution is -0.134. The quantitative estimate of drug-likeness (QED) is 0.856. The van der Waals surface area contributed by atoms with Crippen LogP contribution in [0.4, 0.5) is 0 Å². The topological polar surface area (TPSA) is 66.8 Å². The van der Waals surface area contributed by atoms with Crippen LogP contribution in [0.5, 0.6) is 0 Å². The van der Waals surface area contributed by atoms with Gasteiger partial charge in [-0.1, -0.05) is 36.4 Å². The third-order valence-electron chi connectivity index (χ3n) is 1.07. The molecule has 106 valence electrons. The third kappa shape index (κ3) is 61.9. The summed E-state index contributed by atoms with van der Waals surface area (Å²) >= 11 is 0. The molecule has 4 nitrogen and oxygen atoms in total. The highest BCUT2D eigenvalue weighted by molar-refractivity contribution is 5.62. The molecule has 0 heterocycles. The first-order chi connectivity index (χ1) is 8.56. The number of hydrogen-bond acceptors (Lipinski definition) is 3. The highest BCUT2D eigenvalue weighted by Gasteiger charge is 1.65. The van der Waals surface area contributed by atoms with Crippen molar-refractivity contribution in [3.8, 4) is 0 Å². The zero-order chi connectivity index (χ0) is 14.6. The van der Waals surface area contributed by atoms with E-state index >= 15 is 0 Å². The molecule has 1 aromatic carbocycles. The van der Waals surface area contributed by atoms with Crippen LogP contribution in [0.15, 0.2) is 36.4 Å². The smallest absolute Gasteiger partial charge is 0.300 e. The molecule has 2 N–H and O–H groups in total. The zero-order valence-electron chi connectivity index (χ0n) is 11.8. The normalized spacial score (nSPS) is 7.39. The summed E-state index contributed by atoms with van der Waals surface area (Å²) in [5, 5.41) is 15.0. The van der Waals surface area contributed by atoms with Crippen molar-refractivity contribution in [1.82, 2.24) is 0 Å². The summed E-state index contributed by atoms with van der Waals surface area (Å²) in [5.41, 5.74) is 0. The molecule has 1 rings (SSSR count). The number of ether oxygens (including phenoxy) is 1. The van der Waals surface area contributed by atoms with E-state index in [1.165, 1.54) is 0 Å². The van der Waals surface area contributed by atoms with E-state index in [1.807, 2.05) is 50.2 Å². The molecule has 1 aromatic rings. The summed E-state index contributed by atoms with van der Waals surface area (Å²) in [6, 6.07) is 12.0. The lowest BCUT2D eigenvalue weighted by atomic mass is 10.4. The fourth-order valence-electron chi connectivity index (χ4n) is 0.589. The summed E-state index contributed by atoms with van der Waals surface area (Å²) in [7, 11) is 0. The maximum absolute atomic E-state index is 9.00. The molecule has 0 atom stereocenters. The molecular weight excluding hydrogens is 232 g/mol. The second-order valence-corrected chi connectivity index (χ2v) is 2.77. The molecule has 0 saturated heterocycles. The van der Waals surface area contributed by atoms with Crippen LogP contribution in [0.3, 0.4) is 0 Å². The van der Waals surface area contributed by atoms with Gasteiger partial charge in [0, 0.05) is 26.7 Å². The standard InChI is InChI=1S/C6H6.C4H10O.C2H4O2.C2H6O/c1-2-4-6-5-3-1;1-3-5-4-2;1-2(3)4;1-2-3/h1-6H;3-4H2,1-2H3;1H3,(H,3,4);3H,2H2,1H3. The van der Waals surface area contributed by atoms with Crippen LogP contribution in [-0.4, -0.2) is 36.0 Å². The number of carboxylic acids is 1. The number of aliphatic hydroxyl groups is 1. The number of carbonyl (C=O) groups is 1. The number of hydrogen-bond donors (Lipinski definition) is 2. The Bertz CT molecular complexity index is 192. The van der Waals surface area contributed by atoms with Crippen LogP contribution in [-0.2, 0) is 9.53 Å². The zero-order valence-corrected chi connectivity index (χ0v) is 11.8. The summed E-state index contributed by atoms with van der Waals surface area (Å²) in [5.74, 6) is -0.833. The van der Waals surface area contributed by atoms with Gasteiger partial charge in [-0.05, 0) is 20.8 Å². The average Bonchev–Trinajstić information content (AvgIpc) is 2.33. The monoisotopic (exact) mass is 258 g/mol. The van der Waals surface area contributed by atoms with Gasteiger partial charge in [-0.15, -0.1) is 0 Å². The van der Waals surface area contributed by atoms with Crippen LogP contribution in [0, 0.1) is 0 Å². The molecule has 0 spiro atoms. The van der Waals surface area contributed by atoms with Gasteiger partial charge in [-0.3, -0.25) is 4.79 Å². The third-order valence-corrected chi connectivity index (χ3v) is 1.07. The molecule has 0 saturated carbocycles. The molecular formula is C14H26O4. The van der Waals surface area contributed by atoms with Crippen LogP contribution >= 0.6 is 0 Å². The second kappa shape index (κ2) is 24.7. The van der Waals surface area contributed by atoms with Crippen LogP contribution in [0.25, 0.3) is 0 Å². The Morgan fingerprint density at radius 3 is 1.17 bits per heavy atom. The van der Waals surface area contributed by atoms with Gasteiger partial charge in [-0.2, -0.15) is 0 Å². The first-order valence-electron chi connectivity index (χ1n) is 5.94. The Balaban J connectivity index is -0.000000173. The van der Waals surface area contributed by atoms with E-state index in [1.54, 1.807) is 6.92 Å². The van der Waals surface area contributed by atoms with Gasteiger partial charge in [0.2, 0.25) is 0 Å². The van der Waals surface area contributed by atoms with Gasteiger partial charge >= 0.3 is 0 Å². The van der Waals surface area contributed by atoms with Crippen molar-refractivity contribution in [3.63, 3.8) is 0 Å². The second-order valence-electron chi connectivity index (χ2n) is 2.77. The fourth-order valence-corrected chi connectivity index (χ4v) is 0.589. The van der Waals surface area contributed by atoms with Gasteiger partial charge < -0.3 is 14.9 Å². The Morgan fingerprint density at radius 1 is 0.944 bits per heavy atom. The molecule has 0 aliphatic heterocycles. The minimum Gasteiger partial charge on any atom is -0.481 e.